The van der Waals surface area contributed by atoms with Crippen LogP contribution in [0.2, 0.25) is 0 Å². The first-order valence-corrected chi connectivity index (χ1v) is 10.8. The van der Waals surface area contributed by atoms with E-state index in [1.807, 2.05) is 12.1 Å². The molecule has 1 saturated carbocycles. The SMILES string of the molecule is CNC(=O)c1nc2ccc(-c3ccc(C(=O)N[C@H](C(=O)NC)C4CCCCC4)o3)cc2[nH]1. The first-order valence-electron chi connectivity index (χ1n) is 10.8. The number of nitrogens with one attached hydrogen (secondary N) is 4. The van der Waals surface area contributed by atoms with Gasteiger partial charge in [-0.1, -0.05) is 19.3 Å². The maximum Gasteiger partial charge on any atom is 0.287 e. The maximum atomic E-state index is 12.8. The Morgan fingerprint density at radius 2 is 1.81 bits per heavy atom. The Labute approximate surface area is 185 Å². The van der Waals surface area contributed by atoms with Crippen molar-refractivity contribution in [2.45, 2.75) is 38.1 Å². The number of aromatic amines is 1. The highest BCUT2D eigenvalue weighted by Crippen LogP contribution is 2.28. The molecule has 0 saturated heterocycles. The summed E-state index contributed by atoms with van der Waals surface area (Å²) in [5.41, 5.74) is 2.07. The number of hydrogen-bond donors (Lipinski definition) is 4. The number of fused-ring (bicyclic) bond motifs is 1. The summed E-state index contributed by atoms with van der Waals surface area (Å²) in [7, 11) is 3.12. The molecule has 0 unspecified atom stereocenters. The predicted octanol–water partition coefficient (Wildman–Crippen LogP) is 2.61. The second-order valence-corrected chi connectivity index (χ2v) is 8.02. The summed E-state index contributed by atoms with van der Waals surface area (Å²) >= 11 is 0. The molecule has 2 heterocycles. The van der Waals surface area contributed by atoms with Gasteiger partial charge in [-0.05, 0) is 49.1 Å². The fraction of sp³-hybridized carbons (Fsp3) is 0.391. The van der Waals surface area contributed by atoms with Crippen LogP contribution in [-0.4, -0.2) is 47.8 Å². The van der Waals surface area contributed by atoms with Crippen molar-refractivity contribution in [3.63, 3.8) is 0 Å². The first kappa shape index (κ1) is 21.6. The minimum Gasteiger partial charge on any atom is -0.451 e. The van der Waals surface area contributed by atoms with E-state index in [0.29, 0.717) is 16.8 Å². The number of carbonyl (C=O) groups excluding carboxylic acids is 3. The summed E-state index contributed by atoms with van der Waals surface area (Å²) in [4.78, 5) is 44.3. The Balaban J connectivity index is 1.52. The Hall–Kier alpha value is -3.62. The fourth-order valence-corrected chi connectivity index (χ4v) is 4.24. The van der Waals surface area contributed by atoms with Crippen molar-refractivity contribution in [2.24, 2.45) is 5.92 Å². The average Bonchev–Trinajstić information content (AvgIpc) is 3.49. The summed E-state index contributed by atoms with van der Waals surface area (Å²) in [6.45, 7) is 0. The third-order valence-corrected chi connectivity index (χ3v) is 5.98. The van der Waals surface area contributed by atoms with Gasteiger partial charge in [-0.15, -0.1) is 0 Å². The van der Waals surface area contributed by atoms with Crippen LogP contribution in [0.25, 0.3) is 22.4 Å². The molecule has 0 bridgehead atoms. The van der Waals surface area contributed by atoms with Crippen LogP contribution in [-0.2, 0) is 4.79 Å². The second-order valence-electron chi connectivity index (χ2n) is 8.02. The Morgan fingerprint density at radius 1 is 1.03 bits per heavy atom. The van der Waals surface area contributed by atoms with E-state index in [0.717, 1.165) is 37.7 Å². The lowest BCUT2D eigenvalue weighted by molar-refractivity contribution is -0.124. The number of carbonyl (C=O) groups is 3. The van der Waals surface area contributed by atoms with Crippen LogP contribution in [0.15, 0.2) is 34.7 Å². The number of amides is 3. The van der Waals surface area contributed by atoms with Gasteiger partial charge < -0.3 is 25.4 Å². The average molecular weight is 438 g/mol. The van der Waals surface area contributed by atoms with Gasteiger partial charge in [0, 0.05) is 19.7 Å². The van der Waals surface area contributed by atoms with Crippen molar-refractivity contribution in [2.75, 3.05) is 14.1 Å². The minimum atomic E-state index is -0.578. The zero-order chi connectivity index (χ0) is 22.7. The van der Waals surface area contributed by atoms with Gasteiger partial charge in [-0.2, -0.15) is 0 Å². The molecule has 168 valence electrons. The highest BCUT2D eigenvalue weighted by molar-refractivity contribution is 5.96. The molecule has 3 amide bonds. The van der Waals surface area contributed by atoms with Crippen molar-refractivity contribution in [1.82, 2.24) is 25.9 Å². The third kappa shape index (κ3) is 4.37. The van der Waals surface area contributed by atoms with Gasteiger partial charge in [-0.25, -0.2) is 4.98 Å². The number of nitrogens with zero attached hydrogens (tertiary/aromatic N) is 1. The Kier molecular flexibility index (Phi) is 6.25. The molecule has 0 aliphatic heterocycles. The van der Waals surface area contributed by atoms with Crippen LogP contribution in [0.5, 0.6) is 0 Å². The van der Waals surface area contributed by atoms with Gasteiger partial charge in [0.25, 0.3) is 11.8 Å². The van der Waals surface area contributed by atoms with Crippen LogP contribution in [0.4, 0.5) is 0 Å². The van der Waals surface area contributed by atoms with E-state index in [9.17, 15) is 14.4 Å². The second kappa shape index (κ2) is 9.25. The number of aromatic nitrogens is 2. The Morgan fingerprint density at radius 3 is 2.53 bits per heavy atom. The van der Waals surface area contributed by atoms with Crippen LogP contribution in [0, 0.1) is 5.92 Å². The van der Waals surface area contributed by atoms with E-state index in [1.165, 1.54) is 0 Å². The molecule has 32 heavy (non-hydrogen) atoms. The van der Waals surface area contributed by atoms with E-state index < -0.39 is 11.9 Å². The molecule has 3 aromatic rings. The summed E-state index contributed by atoms with van der Waals surface area (Å²) < 4.78 is 5.80. The highest BCUT2D eigenvalue weighted by Gasteiger charge is 2.31. The molecule has 1 aliphatic carbocycles. The molecule has 9 heteroatoms. The molecule has 1 aliphatic rings. The lowest BCUT2D eigenvalue weighted by atomic mass is 9.83. The Bertz CT molecular complexity index is 1140. The molecule has 2 aromatic heterocycles. The molecule has 1 atom stereocenters. The molecule has 1 aromatic carbocycles. The van der Waals surface area contributed by atoms with E-state index in [1.54, 1.807) is 32.3 Å². The fourth-order valence-electron chi connectivity index (χ4n) is 4.24. The zero-order valence-corrected chi connectivity index (χ0v) is 18.2. The number of benzene rings is 1. The van der Waals surface area contributed by atoms with Crippen molar-refractivity contribution >= 4 is 28.8 Å². The molecular weight excluding hydrogens is 410 g/mol. The molecule has 9 nitrogen and oxygen atoms in total. The smallest absolute Gasteiger partial charge is 0.287 e. The maximum absolute atomic E-state index is 12.8. The van der Waals surface area contributed by atoms with Crippen molar-refractivity contribution in [1.29, 1.82) is 0 Å². The van der Waals surface area contributed by atoms with E-state index in [4.69, 9.17) is 4.42 Å². The number of likely N-dealkylation sites (N-methyl/N-ethyl adjacent to an activating group) is 1. The summed E-state index contributed by atoms with van der Waals surface area (Å²) in [5.74, 6) is 0.0845. The molecular formula is C23H27N5O4. The third-order valence-electron chi connectivity index (χ3n) is 5.98. The monoisotopic (exact) mass is 437 g/mol. The van der Waals surface area contributed by atoms with Gasteiger partial charge in [0.05, 0.1) is 11.0 Å². The van der Waals surface area contributed by atoms with Crippen molar-refractivity contribution in [3.8, 4) is 11.3 Å². The quantitative estimate of drug-likeness (QED) is 0.471. The summed E-state index contributed by atoms with van der Waals surface area (Å²) in [6.07, 6.45) is 5.14. The van der Waals surface area contributed by atoms with E-state index >= 15 is 0 Å². The van der Waals surface area contributed by atoms with Crippen LogP contribution >= 0.6 is 0 Å². The van der Waals surface area contributed by atoms with Gasteiger partial charge >= 0.3 is 0 Å². The van der Waals surface area contributed by atoms with Gasteiger partial charge in [0.2, 0.25) is 5.91 Å². The lowest BCUT2D eigenvalue weighted by Gasteiger charge is -2.29. The highest BCUT2D eigenvalue weighted by atomic mass is 16.4. The zero-order valence-electron chi connectivity index (χ0n) is 18.2. The number of furan rings is 1. The normalized spacial score (nSPS) is 15.3. The van der Waals surface area contributed by atoms with Gasteiger partial charge in [0.15, 0.2) is 11.6 Å². The molecule has 0 spiro atoms. The number of imidazole rings is 1. The standard InChI is InChI=1S/C23H27N5O4/c1-24-22(30)19(13-6-4-3-5-7-13)28-21(29)18-11-10-17(32-18)14-8-9-15-16(12-14)27-20(26-15)23(31)25-2/h8-13,19H,3-7H2,1-2H3,(H,24,30)(H,25,31)(H,26,27)(H,28,29)/t19-/m0/s1. The van der Waals surface area contributed by atoms with Gasteiger partial charge in [-0.3, -0.25) is 14.4 Å². The molecule has 0 radical (unpaired) electrons. The number of hydrogen-bond acceptors (Lipinski definition) is 5. The topological polar surface area (TPSA) is 129 Å². The molecule has 4 rings (SSSR count). The minimum absolute atomic E-state index is 0.124. The molecule has 1 fully saturated rings. The summed E-state index contributed by atoms with van der Waals surface area (Å²) in [6, 6.07) is 8.13. The van der Waals surface area contributed by atoms with Crippen molar-refractivity contribution < 1.29 is 18.8 Å². The van der Waals surface area contributed by atoms with Crippen LogP contribution in [0.1, 0.15) is 53.3 Å². The number of H-pyrrole nitrogens is 1. The number of rotatable bonds is 6. The summed E-state index contributed by atoms with van der Waals surface area (Å²) in [5, 5.41) is 8.06. The van der Waals surface area contributed by atoms with Crippen LogP contribution < -0.4 is 16.0 Å². The van der Waals surface area contributed by atoms with E-state index in [2.05, 4.69) is 25.9 Å². The lowest BCUT2D eigenvalue weighted by Crippen LogP contribution is -2.50. The predicted molar refractivity (Wildman–Crippen MR) is 119 cm³/mol. The van der Waals surface area contributed by atoms with Gasteiger partial charge in [0.1, 0.15) is 11.8 Å². The first-order chi connectivity index (χ1) is 15.5. The largest absolute Gasteiger partial charge is 0.451 e. The molecule has 4 N–H and O–H groups in total. The van der Waals surface area contributed by atoms with Crippen LogP contribution in [0.3, 0.4) is 0 Å². The van der Waals surface area contributed by atoms with E-state index in [-0.39, 0.29) is 29.3 Å². The van der Waals surface area contributed by atoms with Crippen molar-refractivity contribution in [3.05, 3.63) is 41.9 Å².